The van der Waals surface area contributed by atoms with E-state index in [4.69, 9.17) is 18.9 Å². The minimum atomic E-state index is -0.812. The van der Waals surface area contributed by atoms with E-state index >= 15 is 0 Å². The second-order valence-corrected chi connectivity index (χ2v) is 8.44. The average Bonchev–Trinajstić information content (AvgIpc) is 3.12. The minimum absolute atomic E-state index is 0.00224. The number of benzene rings is 2. The predicted molar refractivity (Wildman–Crippen MR) is 136 cm³/mol. The number of amides is 1. The number of aliphatic hydroxyl groups is 1. The van der Waals surface area contributed by atoms with Crippen molar-refractivity contribution in [2.45, 2.75) is 19.9 Å². The molecule has 1 fully saturated rings. The van der Waals surface area contributed by atoms with Gasteiger partial charge in [0.15, 0.2) is 23.0 Å². The van der Waals surface area contributed by atoms with Crippen LogP contribution in [0.5, 0.6) is 23.0 Å². The number of carbonyl (C=O) groups excluding carboxylic acids is 2. The maximum absolute atomic E-state index is 13.3. The van der Waals surface area contributed by atoms with Crippen molar-refractivity contribution in [3.8, 4) is 23.0 Å². The molecule has 0 radical (unpaired) electrons. The number of hydrogen-bond donors (Lipinski definition) is 1. The number of ketones is 1. The minimum Gasteiger partial charge on any atom is -0.507 e. The van der Waals surface area contributed by atoms with Crippen molar-refractivity contribution in [1.82, 2.24) is 9.80 Å². The van der Waals surface area contributed by atoms with E-state index in [2.05, 4.69) is 0 Å². The molecule has 1 saturated heterocycles. The first-order valence-electron chi connectivity index (χ1n) is 11.8. The molecule has 1 amide bonds. The largest absolute Gasteiger partial charge is 0.507 e. The molecule has 1 aliphatic heterocycles. The van der Waals surface area contributed by atoms with Crippen LogP contribution in [0.2, 0.25) is 0 Å². The number of nitrogens with zero attached hydrogens (tertiary/aromatic N) is 2. The number of likely N-dealkylation sites (N-methyl/N-ethyl adjacent to an activating group) is 1. The molecule has 0 aliphatic carbocycles. The Kier molecular flexibility index (Phi) is 8.82. The van der Waals surface area contributed by atoms with Gasteiger partial charge in [0.2, 0.25) is 0 Å². The van der Waals surface area contributed by atoms with E-state index in [1.165, 1.54) is 19.1 Å². The van der Waals surface area contributed by atoms with Gasteiger partial charge in [0, 0.05) is 18.7 Å². The van der Waals surface area contributed by atoms with Crippen molar-refractivity contribution in [2.75, 3.05) is 54.6 Å². The monoisotopic (exact) mass is 498 g/mol. The molecule has 0 aromatic heterocycles. The van der Waals surface area contributed by atoms with Crippen molar-refractivity contribution in [3.05, 3.63) is 53.1 Å². The first kappa shape index (κ1) is 26.9. The van der Waals surface area contributed by atoms with Crippen LogP contribution in [0, 0.1) is 0 Å². The van der Waals surface area contributed by atoms with Gasteiger partial charge in [-0.15, -0.1) is 0 Å². The molecule has 1 aliphatic rings. The average molecular weight is 499 g/mol. The molecule has 9 heteroatoms. The molecule has 0 spiro atoms. The zero-order valence-corrected chi connectivity index (χ0v) is 21.7. The maximum Gasteiger partial charge on any atom is 0.295 e. The molecule has 0 saturated carbocycles. The van der Waals surface area contributed by atoms with Gasteiger partial charge in [-0.25, -0.2) is 0 Å². The van der Waals surface area contributed by atoms with Crippen LogP contribution in [-0.2, 0) is 9.59 Å². The summed E-state index contributed by atoms with van der Waals surface area (Å²) < 4.78 is 22.1. The van der Waals surface area contributed by atoms with E-state index < -0.39 is 17.7 Å². The summed E-state index contributed by atoms with van der Waals surface area (Å²) >= 11 is 0. The quantitative estimate of drug-likeness (QED) is 0.286. The molecule has 0 bridgehead atoms. The molecule has 1 heterocycles. The smallest absolute Gasteiger partial charge is 0.295 e. The summed E-state index contributed by atoms with van der Waals surface area (Å²) in [5.74, 6) is 0.214. The number of likely N-dealkylation sites (tertiary alicyclic amines) is 1. The Balaban J connectivity index is 2.20. The Bertz CT molecular complexity index is 1140. The van der Waals surface area contributed by atoms with Crippen LogP contribution in [-0.4, -0.2) is 81.2 Å². The lowest BCUT2D eigenvalue weighted by molar-refractivity contribution is -0.140. The topological polar surface area (TPSA) is 97.8 Å². The van der Waals surface area contributed by atoms with Crippen LogP contribution in [0.15, 0.2) is 42.0 Å². The molecule has 2 aromatic rings. The predicted octanol–water partition coefficient (Wildman–Crippen LogP) is 3.48. The van der Waals surface area contributed by atoms with E-state index in [1.54, 1.807) is 36.4 Å². The van der Waals surface area contributed by atoms with Crippen molar-refractivity contribution in [2.24, 2.45) is 0 Å². The summed E-state index contributed by atoms with van der Waals surface area (Å²) in [6, 6.07) is 9.31. The van der Waals surface area contributed by atoms with Crippen LogP contribution in [0.25, 0.3) is 5.76 Å². The summed E-state index contributed by atoms with van der Waals surface area (Å²) in [6.07, 6.45) is 0. The Labute approximate surface area is 211 Å². The van der Waals surface area contributed by atoms with Crippen LogP contribution >= 0.6 is 0 Å². The lowest BCUT2D eigenvalue weighted by Crippen LogP contribution is -2.35. The van der Waals surface area contributed by atoms with Crippen LogP contribution < -0.4 is 18.9 Å². The second-order valence-electron chi connectivity index (χ2n) is 8.44. The highest BCUT2D eigenvalue weighted by atomic mass is 16.5. The third-order valence-corrected chi connectivity index (χ3v) is 5.87. The van der Waals surface area contributed by atoms with Gasteiger partial charge in [-0.1, -0.05) is 6.07 Å². The van der Waals surface area contributed by atoms with Crippen LogP contribution in [0.3, 0.4) is 0 Å². The van der Waals surface area contributed by atoms with Gasteiger partial charge in [-0.3, -0.25) is 9.59 Å². The number of Topliss-reactive ketones (excluding diaryl/α,β-unsaturated/α-hetero) is 1. The molecule has 194 valence electrons. The second kappa shape index (κ2) is 11.8. The molecular weight excluding hydrogens is 464 g/mol. The lowest BCUT2D eigenvalue weighted by Gasteiger charge is -2.27. The SMILES string of the molecule is CCOc1ccc(C2/C(=C(/O)c3ccc(OC)c(OC)c3)C(=O)C(=O)N2CCN(C)C)cc1OCC. The molecule has 9 nitrogen and oxygen atoms in total. The molecule has 2 aromatic carbocycles. The highest BCUT2D eigenvalue weighted by Crippen LogP contribution is 2.42. The lowest BCUT2D eigenvalue weighted by atomic mass is 9.94. The fourth-order valence-corrected chi connectivity index (χ4v) is 4.14. The summed E-state index contributed by atoms with van der Waals surface area (Å²) in [4.78, 5) is 29.9. The maximum atomic E-state index is 13.3. The van der Waals surface area contributed by atoms with Gasteiger partial charge < -0.3 is 33.9 Å². The number of carbonyl (C=O) groups is 2. The molecule has 3 rings (SSSR count). The van der Waals surface area contributed by atoms with Crippen molar-refractivity contribution in [1.29, 1.82) is 0 Å². The Hall–Kier alpha value is -3.72. The standard InChI is InChI=1S/C27H34N2O7/c1-7-35-20-12-9-17(15-22(20)36-8-2)24-23(26(31)27(32)29(24)14-13-28(3)4)25(30)18-10-11-19(33-5)21(16-18)34-6/h9-12,15-16,24,30H,7-8,13-14H2,1-6H3/b25-23-. The van der Waals surface area contributed by atoms with Gasteiger partial charge in [-0.2, -0.15) is 0 Å². The number of ether oxygens (including phenoxy) is 4. The highest BCUT2D eigenvalue weighted by Gasteiger charge is 2.46. The van der Waals surface area contributed by atoms with Gasteiger partial charge in [-0.05, 0) is 63.8 Å². The first-order chi connectivity index (χ1) is 17.3. The van der Waals surface area contributed by atoms with Crippen molar-refractivity contribution < 1.29 is 33.6 Å². The number of rotatable bonds is 11. The van der Waals surface area contributed by atoms with Gasteiger partial charge in [0.25, 0.3) is 11.7 Å². The molecule has 1 atom stereocenters. The van der Waals surface area contributed by atoms with Crippen molar-refractivity contribution in [3.63, 3.8) is 0 Å². The molecule has 36 heavy (non-hydrogen) atoms. The Morgan fingerprint density at radius 1 is 0.917 bits per heavy atom. The molecule has 1 N–H and O–H groups in total. The molecule has 1 unspecified atom stereocenters. The van der Waals surface area contributed by atoms with Gasteiger partial charge in [0.1, 0.15) is 5.76 Å². The normalized spacial score (nSPS) is 17.0. The molecular formula is C27H34N2O7. The summed E-state index contributed by atoms with van der Waals surface area (Å²) in [5, 5.41) is 11.3. The summed E-state index contributed by atoms with van der Waals surface area (Å²) in [5.41, 5.74) is 0.957. The summed E-state index contributed by atoms with van der Waals surface area (Å²) in [7, 11) is 6.77. The van der Waals surface area contributed by atoms with E-state index in [-0.39, 0.29) is 11.3 Å². The Morgan fingerprint density at radius 3 is 2.17 bits per heavy atom. The third kappa shape index (κ3) is 5.41. The van der Waals surface area contributed by atoms with Gasteiger partial charge >= 0.3 is 0 Å². The number of aliphatic hydroxyl groups excluding tert-OH is 1. The number of methoxy groups -OCH3 is 2. The fraction of sp³-hybridized carbons (Fsp3) is 0.407. The van der Waals surface area contributed by atoms with Crippen LogP contribution in [0.1, 0.15) is 31.0 Å². The fourth-order valence-electron chi connectivity index (χ4n) is 4.14. The highest BCUT2D eigenvalue weighted by molar-refractivity contribution is 6.46. The zero-order valence-electron chi connectivity index (χ0n) is 21.7. The zero-order chi connectivity index (χ0) is 26.4. The third-order valence-electron chi connectivity index (χ3n) is 5.87. The number of hydrogen-bond acceptors (Lipinski definition) is 8. The van der Waals surface area contributed by atoms with E-state index in [9.17, 15) is 14.7 Å². The Morgan fingerprint density at radius 2 is 1.56 bits per heavy atom. The van der Waals surface area contributed by atoms with Crippen molar-refractivity contribution >= 4 is 17.4 Å². The summed E-state index contributed by atoms with van der Waals surface area (Å²) in [6.45, 7) is 5.44. The van der Waals surface area contributed by atoms with E-state index in [0.29, 0.717) is 60.4 Å². The van der Waals surface area contributed by atoms with E-state index in [0.717, 1.165) is 0 Å². The van der Waals surface area contributed by atoms with Crippen LogP contribution in [0.4, 0.5) is 0 Å². The van der Waals surface area contributed by atoms with E-state index in [1.807, 2.05) is 32.8 Å². The first-order valence-corrected chi connectivity index (χ1v) is 11.8. The van der Waals surface area contributed by atoms with Gasteiger partial charge in [0.05, 0.1) is 39.0 Å².